The Bertz CT molecular complexity index is 738. The van der Waals surface area contributed by atoms with Gasteiger partial charge in [0.2, 0.25) is 5.91 Å². The van der Waals surface area contributed by atoms with Gasteiger partial charge in [-0.3, -0.25) is 19.5 Å². The van der Waals surface area contributed by atoms with Crippen molar-refractivity contribution in [2.75, 3.05) is 13.1 Å². The summed E-state index contributed by atoms with van der Waals surface area (Å²) in [6.07, 6.45) is 0.105. The highest BCUT2D eigenvalue weighted by Crippen LogP contribution is 2.02. The van der Waals surface area contributed by atoms with Gasteiger partial charge in [-0.05, 0) is 12.1 Å². The van der Waals surface area contributed by atoms with E-state index >= 15 is 0 Å². The number of carbonyl (C=O) groups excluding carboxylic acids is 1. The average Bonchev–Trinajstić information content (AvgIpc) is 2.47. The molecule has 0 spiro atoms. The molecule has 0 saturated carbocycles. The van der Waals surface area contributed by atoms with E-state index in [9.17, 15) is 14.4 Å². The van der Waals surface area contributed by atoms with E-state index in [4.69, 9.17) is 5.73 Å². The third-order valence-electron chi connectivity index (χ3n) is 2.91. The van der Waals surface area contributed by atoms with Crippen molar-refractivity contribution in [3.63, 3.8) is 0 Å². The van der Waals surface area contributed by atoms with Gasteiger partial charge in [0, 0.05) is 19.5 Å². The predicted molar refractivity (Wildman–Crippen MR) is 82.8 cm³/mol. The van der Waals surface area contributed by atoms with Gasteiger partial charge in [0.15, 0.2) is 0 Å². The molecule has 0 saturated heterocycles. The number of aryl methyl sites for hydroxylation is 1. The van der Waals surface area contributed by atoms with Crippen molar-refractivity contribution in [1.29, 1.82) is 0 Å². The van der Waals surface area contributed by atoms with E-state index in [1.165, 1.54) is 0 Å². The van der Waals surface area contributed by atoms with Gasteiger partial charge in [0.05, 0.1) is 17.3 Å². The Labute approximate surface area is 126 Å². The first-order chi connectivity index (χ1) is 9.63. The van der Waals surface area contributed by atoms with Crippen molar-refractivity contribution in [3.05, 3.63) is 45.0 Å². The molecule has 0 unspecified atom stereocenters. The molecular weight excluding hydrogens is 296 g/mol. The van der Waals surface area contributed by atoms with Gasteiger partial charge in [-0.2, -0.15) is 0 Å². The number of halogens is 1. The van der Waals surface area contributed by atoms with Crippen molar-refractivity contribution in [2.24, 2.45) is 5.73 Å². The number of amides is 1. The quantitative estimate of drug-likeness (QED) is 0.696. The number of hydrogen-bond acceptors (Lipinski definition) is 4. The van der Waals surface area contributed by atoms with Crippen LogP contribution >= 0.6 is 12.4 Å². The molecule has 114 valence electrons. The molecule has 0 aliphatic heterocycles. The summed E-state index contributed by atoms with van der Waals surface area (Å²) in [6.45, 7) is 0.871. The Kier molecular flexibility index (Phi) is 6.13. The number of nitrogens with two attached hydrogens (primary N) is 1. The van der Waals surface area contributed by atoms with Crippen LogP contribution in [0.1, 0.15) is 6.42 Å². The lowest BCUT2D eigenvalue weighted by Gasteiger charge is -2.07. The van der Waals surface area contributed by atoms with Gasteiger partial charge in [0.1, 0.15) is 0 Å². The lowest BCUT2D eigenvalue weighted by molar-refractivity contribution is -0.121. The highest BCUT2D eigenvalue weighted by Gasteiger charge is 2.08. The van der Waals surface area contributed by atoms with Crippen LogP contribution in [0.4, 0.5) is 0 Å². The Balaban J connectivity index is 0.00000220. The molecule has 0 aliphatic rings. The average molecular weight is 313 g/mol. The van der Waals surface area contributed by atoms with Gasteiger partial charge in [0.25, 0.3) is 11.1 Å². The fraction of sp³-hybridized carbons (Fsp3) is 0.308. The summed E-state index contributed by atoms with van der Waals surface area (Å²) in [4.78, 5) is 35.4. The normalized spacial score (nSPS) is 10.1. The standard InChI is InChI=1S/C13H16N4O3.ClH/c14-6-7-15-11(18)5-8-17-13(20)10-4-2-1-3-9(10)12(19)16-17;/h1-4H,5-8,14H2,(H,15,18)(H,16,19);1H. The summed E-state index contributed by atoms with van der Waals surface area (Å²) < 4.78 is 1.16. The number of aromatic nitrogens is 2. The van der Waals surface area contributed by atoms with Crippen LogP contribution in [0.2, 0.25) is 0 Å². The Morgan fingerprint density at radius 3 is 2.57 bits per heavy atom. The van der Waals surface area contributed by atoms with E-state index in [1.807, 2.05) is 0 Å². The van der Waals surface area contributed by atoms with Crippen LogP contribution in [0.25, 0.3) is 10.8 Å². The maximum Gasteiger partial charge on any atom is 0.273 e. The number of nitrogens with zero attached hydrogens (tertiary/aromatic N) is 1. The van der Waals surface area contributed by atoms with E-state index in [2.05, 4.69) is 10.4 Å². The fourth-order valence-corrected chi connectivity index (χ4v) is 1.92. The van der Waals surface area contributed by atoms with Gasteiger partial charge in [-0.25, -0.2) is 4.68 Å². The summed E-state index contributed by atoms with van der Waals surface area (Å²) >= 11 is 0. The van der Waals surface area contributed by atoms with Crippen molar-refractivity contribution < 1.29 is 4.79 Å². The number of fused-ring (bicyclic) bond motifs is 1. The largest absolute Gasteiger partial charge is 0.355 e. The summed E-state index contributed by atoms with van der Waals surface area (Å²) in [6, 6.07) is 6.58. The third kappa shape index (κ3) is 3.93. The van der Waals surface area contributed by atoms with Crippen LogP contribution in [0.15, 0.2) is 33.9 Å². The van der Waals surface area contributed by atoms with E-state index in [0.717, 1.165) is 4.68 Å². The highest BCUT2D eigenvalue weighted by molar-refractivity contribution is 5.85. The highest BCUT2D eigenvalue weighted by atomic mass is 35.5. The minimum Gasteiger partial charge on any atom is -0.355 e. The van der Waals surface area contributed by atoms with Gasteiger partial charge < -0.3 is 11.1 Å². The molecule has 0 bridgehead atoms. The molecule has 0 aliphatic carbocycles. The Morgan fingerprint density at radius 2 is 1.90 bits per heavy atom. The number of rotatable bonds is 5. The second-order valence-corrected chi connectivity index (χ2v) is 4.33. The van der Waals surface area contributed by atoms with Crippen molar-refractivity contribution in [1.82, 2.24) is 15.1 Å². The van der Waals surface area contributed by atoms with E-state index < -0.39 is 0 Å². The van der Waals surface area contributed by atoms with Crippen molar-refractivity contribution in [2.45, 2.75) is 13.0 Å². The monoisotopic (exact) mass is 312 g/mol. The smallest absolute Gasteiger partial charge is 0.273 e. The Hall–Kier alpha value is -2.12. The maximum absolute atomic E-state index is 12.1. The van der Waals surface area contributed by atoms with Crippen LogP contribution in [-0.2, 0) is 11.3 Å². The number of benzene rings is 1. The lowest BCUT2D eigenvalue weighted by Crippen LogP contribution is -2.33. The molecule has 4 N–H and O–H groups in total. The summed E-state index contributed by atoms with van der Waals surface area (Å²) in [5, 5.41) is 5.77. The molecule has 8 heteroatoms. The van der Waals surface area contributed by atoms with Crippen LogP contribution in [0.5, 0.6) is 0 Å². The van der Waals surface area contributed by atoms with Crippen molar-refractivity contribution >= 4 is 29.1 Å². The van der Waals surface area contributed by atoms with E-state index in [0.29, 0.717) is 23.9 Å². The van der Waals surface area contributed by atoms with Gasteiger partial charge >= 0.3 is 0 Å². The molecule has 1 aromatic heterocycles. The minimum atomic E-state index is -0.345. The third-order valence-corrected chi connectivity index (χ3v) is 2.91. The zero-order chi connectivity index (χ0) is 14.5. The first kappa shape index (κ1) is 16.9. The van der Waals surface area contributed by atoms with Gasteiger partial charge in [-0.15, -0.1) is 12.4 Å². The molecule has 1 heterocycles. The zero-order valence-electron chi connectivity index (χ0n) is 11.3. The number of carbonyl (C=O) groups is 1. The first-order valence-corrected chi connectivity index (χ1v) is 6.32. The zero-order valence-corrected chi connectivity index (χ0v) is 12.1. The molecule has 1 aromatic carbocycles. The van der Waals surface area contributed by atoms with Crippen LogP contribution < -0.4 is 22.2 Å². The summed E-state index contributed by atoms with van der Waals surface area (Å²) in [5.41, 5.74) is 4.61. The SMILES string of the molecule is Cl.NCCNC(=O)CCn1[nH]c(=O)c2ccccc2c1=O. The molecule has 7 nitrogen and oxygen atoms in total. The molecule has 0 radical (unpaired) electrons. The molecule has 0 atom stereocenters. The number of aromatic amines is 1. The number of hydrogen-bond donors (Lipinski definition) is 3. The second kappa shape index (κ2) is 7.61. The van der Waals surface area contributed by atoms with Crippen LogP contribution in [0, 0.1) is 0 Å². The summed E-state index contributed by atoms with van der Waals surface area (Å²) in [5.74, 6) is -0.212. The molecule has 2 aromatic rings. The second-order valence-electron chi connectivity index (χ2n) is 4.33. The maximum atomic E-state index is 12.1. The van der Waals surface area contributed by atoms with Crippen molar-refractivity contribution in [3.8, 4) is 0 Å². The molecular formula is C13H17ClN4O3. The minimum absolute atomic E-state index is 0. The first-order valence-electron chi connectivity index (χ1n) is 6.32. The van der Waals surface area contributed by atoms with Gasteiger partial charge in [-0.1, -0.05) is 12.1 Å². The number of H-pyrrole nitrogens is 1. The number of nitrogens with one attached hydrogen (secondary N) is 2. The van der Waals surface area contributed by atoms with E-state index in [-0.39, 0.29) is 42.4 Å². The fourth-order valence-electron chi connectivity index (χ4n) is 1.92. The summed E-state index contributed by atoms with van der Waals surface area (Å²) in [7, 11) is 0. The topological polar surface area (TPSA) is 110 Å². The van der Waals surface area contributed by atoms with Crippen LogP contribution in [0.3, 0.4) is 0 Å². The molecule has 21 heavy (non-hydrogen) atoms. The molecule has 0 fully saturated rings. The predicted octanol–water partition coefficient (Wildman–Crippen LogP) is -0.423. The Morgan fingerprint density at radius 1 is 1.24 bits per heavy atom. The lowest BCUT2D eigenvalue weighted by atomic mass is 10.2. The van der Waals surface area contributed by atoms with E-state index in [1.54, 1.807) is 24.3 Å². The molecule has 2 rings (SSSR count). The molecule has 1 amide bonds. The van der Waals surface area contributed by atoms with Crippen LogP contribution in [-0.4, -0.2) is 28.8 Å².